The summed E-state index contributed by atoms with van der Waals surface area (Å²) in [5.74, 6) is 1.89. The fourth-order valence-electron chi connectivity index (χ4n) is 2.68. The summed E-state index contributed by atoms with van der Waals surface area (Å²) in [6.45, 7) is 6.94. The number of rotatable bonds is 6. The molecule has 0 spiro atoms. The van der Waals surface area contributed by atoms with Crippen molar-refractivity contribution in [1.82, 2.24) is 14.8 Å². The molecule has 0 aliphatic carbocycles. The normalized spacial score (nSPS) is 11.0. The van der Waals surface area contributed by atoms with E-state index < -0.39 is 0 Å². The molecule has 1 aromatic carbocycles. The molecule has 1 radical (unpaired) electrons. The van der Waals surface area contributed by atoms with Gasteiger partial charge in [-0.1, -0.05) is 13.0 Å². The van der Waals surface area contributed by atoms with Crippen LogP contribution in [0.4, 0.5) is 0 Å². The highest BCUT2D eigenvalue weighted by Gasteiger charge is 2.19. The van der Waals surface area contributed by atoms with Gasteiger partial charge in [0.1, 0.15) is 18.1 Å². The molecule has 0 aliphatic heterocycles. The Morgan fingerprint density at radius 3 is 2.83 bits per heavy atom. The van der Waals surface area contributed by atoms with Crippen molar-refractivity contribution < 1.29 is 9.15 Å². The molecule has 2 aromatic heterocycles. The van der Waals surface area contributed by atoms with Crippen LogP contribution in [0.5, 0.6) is 5.75 Å². The van der Waals surface area contributed by atoms with Crippen molar-refractivity contribution >= 4 is 0 Å². The van der Waals surface area contributed by atoms with Crippen LogP contribution in [0.15, 0.2) is 28.7 Å². The Bertz CT molecular complexity index is 835. The zero-order chi connectivity index (χ0) is 17.1. The van der Waals surface area contributed by atoms with E-state index in [9.17, 15) is 0 Å². The predicted octanol–water partition coefficient (Wildman–Crippen LogP) is 2.84. The fourth-order valence-corrected chi connectivity index (χ4v) is 2.68. The Morgan fingerprint density at radius 1 is 1.29 bits per heavy atom. The minimum atomic E-state index is 0.479. The van der Waals surface area contributed by atoms with Gasteiger partial charge in [-0.3, -0.25) is 0 Å². The van der Waals surface area contributed by atoms with Crippen molar-refractivity contribution in [2.45, 2.75) is 27.2 Å². The van der Waals surface area contributed by atoms with Crippen LogP contribution < -0.4 is 10.5 Å². The third-order valence-electron chi connectivity index (χ3n) is 3.72. The average Bonchev–Trinajstić information content (AvgIpc) is 3.16. The molecule has 6 heteroatoms. The molecular formula is C18H21N4O2. The van der Waals surface area contributed by atoms with E-state index in [1.807, 2.05) is 45.0 Å². The largest absolute Gasteiger partial charge is 0.492 e. The van der Waals surface area contributed by atoms with Gasteiger partial charge in [-0.05, 0) is 31.5 Å². The monoisotopic (exact) mass is 325 g/mol. The first kappa shape index (κ1) is 16.3. The maximum Gasteiger partial charge on any atom is 0.264 e. The van der Waals surface area contributed by atoms with Gasteiger partial charge in [-0.25, -0.2) is 0 Å². The maximum atomic E-state index is 5.76. The molecule has 3 rings (SSSR count). The van der Waals surface area contributed by atoms with E-state index in [4.69, 9.17) is 14.9 Å². The van der Waals surface area contributed by atoms with Crippen LogP contribution in [0, 0.1) is 19.9 Å². The summed E-state index contributed by atoms with van der Waals surface area (Å²) < 4.78 is 13.4. The molecule has 0 unspecified atom stereocenters. The topological polar surface area (TPSA) is 79.1 Å². The van der Waals surface area contributed by atoms with E-state index in [0.717, 1.165) is 28.4 Å². The zero-order valence-electron chi connectivity index (χ0n) is 14.2. The molecule has 0 fully saturated rings. The van der Waals surface area contributed by atoms with Gasteiger partial charge in [-0.15, -0.1) is 10.2 Å². The summed E-state index contributed by atoms with van der Waals surface area (Å²) in [4.78, 5) is 0. The second-order valence-electron chi connectivity index (χ2n) is 5.51. The number of ether oxygens (including phenoxy) is 1. The molecule has 2 heterocycles. The Hall–Kier alpha value is -2.60. The van der Waals surface area contributed by atoms with Crippen molar-refractivity contribution in [3.63, 3.8) is 0 Å². The molecule has 0 saturated heterocycles. The van der Waals surface area contributed by atoms with Crippen molar-refractivity contribution in [1.29, 1.82) is 0 Å². The average molecular weight is 325 g/mol. The van der Waals surface area contributed by atoms with Crippen LogP contribution in [-0.2, 0) is 6.42 Å². The van der Waals surface area contributed by atoms with Crippen molar-refractivity contribution in [2.75, 3.05) is 13.2 Å². The van der Waals surface area contributed by atoms with Gasteiger partial charge in [0.05, 0.1) is 0 Å². The molecule has 125 valence electrons. The summed E-state index contributed by atoms with van der Waals surface area (Å²) in [6.07, 6.45) is 0.706. The Balaban J connectivity index is 2.08. The standard InChI is InChI=1S/C18H21N4O2/c1-4-16-20-21-18(24-16)17-12(2)10-13(3)22(17)14-6-5-7-15(11-14)23-9-8-19/h5-7,11H,4,8-9,19H2,1-3H3. The number of aryl methyl sites for hydroxylation is 3. The fraction of sp³-hybridized carbons (Fsp3) is 0.333. The Kier molecular flexibility index (Phi) is 4.66. The van der Waals surface area contributed by atoms with Gasteiger partial charge in [0, 0.05) is 36.5 Å². The quantitative estimate of drug-likeness (QED) is 0.754. The lowest BCUT2D eigenvalue weighted by atomic mass is 10.2. The maximum absolute atomic E-state index is 5.76. The van der Waals surface area contributed by atoms with E-state index in [1.165, 1.54) is 0 Å². The third-order valence-corrected chi connectivity index (χ3v) is 3.72. The smallest absolute Gasteiger partial charge is 0.264 e. The van der Waals surface area contributed by atoms with E-state index in [1.54, 1.807) is 0 Å². The first-order valence-corrected chi connectivity index (χ1v) is 8.01. The van der Waals surface area contributed by atoms with Gasteiger partial charge in [0.25, 0.3) is 5.89 Å². The minimum Gasteiger partial charge on any atom is -0.492 e. The zero-order valence-corrected chi connectivity index (χ0v) is 14.2. The second kappa shape index (κ2) is 6.88. The molecule has 6 nitrogen and oxygen atoms in total. The molecule has 2 N–H and O–H groups in total. The second-order valence-corrected chi connectivity index (χ2v) is 5.51. The molecule has 0 atom stereocenters. The van der Waals surface area contributed by atoms with Crippen molar-refractivity contribution in [3.05, 3.63) is 47.5 Å². The SMILES string of the molecule is CCc1nnc(-c2c(C)[c]c(C)n2-c2cccc(OCCN)c2)o1. The van der Waals surface area contributed by atoms with Crippen LogP contribution in [0.3, 0.4) is 0 Å². The van der Waals surface area contributed by atoms with Gasteiger partial charge in [0.2, 0.25) is 5.89 Å². The summed E-state index contributed by atoms with van der Waals surface area (Å²) in [6, 6.07) is 11.2. The van der Waals surface area contributed by atoms with Crippen LogP contribution in [0.1, 0.15) is 24.1 Å². The Morgan fingerprint density at radius 2 is 2.12 bits per heavy atom. The van der Waals surface area contributed by atoms with E-state index in [0.29, 0.717) is 31.4 Å². The van der Waals surface area contributed by atoms with Gasteiger partial charge in [-0.2, -0.15) is 0 Å². The number of nitrogens with zero attached hydrogens (tertiary/aromatic N) is 3. The number of hydrogen-bond acceptors (Lipinski definition) is 5. The van der Waals surface area contributed by atoms with Gasteiger partial charge < -0.3 is 19.5 Å². The highest BCUT2D eigenvalue weighted by molar-refractivity contribution is 5.60. The molecule has 3 aromatic rings. The molecular weight excluding hydrogens is 304 g/mol. The van der Waals surface area contributed by atoms with Crippen LogP contribution in [0.2, 0.25) is 0 Å². The number of benzene rings is 1. The molecule has 0 amide bonds. The van der Waals surface area contributed by atoms with Gasteiger partial charge >= 0.3 is 0 Å². The Labute approximate surface area is 141 Å². The third kappa shape index (κ3) is 3.05. The highest BCUT2D eigenvalue weighted by Crippen LogP contribution is 2.30. The van der Waals surface area contributed by atoms with Crippen molar-refractivity contribution in [3.8, 4) is 23.0 Å². The van der Waals surface area contributed by atoms with E-state index in [2.05, 4.69) is 20.8 Å². The van der Waals surface area contributed by atoms with Crippen molar-refractivity contribution in [2.24, 2.45) is 5.73 Å². The lowest BCUT2D eigenvalue weighted by molar-refractivity contribution is 0.328. The van der Waals surface area contributed by atoms with Crippen LogP contribution in [-0.4, -0.2) is 27.9 Å². The summed E-state index contributed by atoms with van der Waals surface area (Å²) in [7, 11) is 0. The summed E-state index contributed by atoms with van der Waals surface area (Å²) in [5.41, 5.74) is 9.25. The first-order valence-electron chi connectivity index (χ1n) is 8.01. The first-order chi connectivity index (χ1) is 11.6. The lowest BCUT2D eigenvalue weighted by Crippen LogP contribution is -2.10. The van der Waals surface area contributed by atoms with E-state index in [-0.39, 0.29) is 0 Å². The van der Waals surface area contributed by atoms with Crippen LogP contribution in [0.25, 0.3) is 17.3 Å². The lowest BCUT2D eigenvalue weighted by Gasteiger charge is -2.12. The molecule has 0 saturated carbocycles. The highest BCUT2D eigenvalue weighted by atomic mass is 16.5. The summed E-state index contributed by atoms with van der Waals surface area (Å²) >= 11 is 0. The van der Waals surface area contributed by atoms with Crippen LogP contribution >= 0.6 is 0 Å². The molecule has 0 bridgehead atoms. The molecule has 24 heavy (non-hydrogen) atoms. The van der Waals surface area contributed by atoms with E-state index >= 15 is 0 Å². The minimum absolute atomic E-state index is 0.479. The number of hydrogen-bond donors (Lipinski definition) is 1. The van der Waals surface area contributed by atoms with Gasteiger partial charge in [0.15, 0.2) is 0 Å². The summed E-state index contributed by atoms with van der Waals surface area (Å²) in [5, 5.41) is 8.26. The molecule has 0 aliphatic rings. The number of nitrogens with two attached hydrogens (primary N) is 1. The predicted molar refractivity (Wildman–Crippen MR) is 91.3 cm³/mol. The number of aromatic nitrogens is 3.